The highest BCUT2D eigenvalue weighted by atomic mass is 35.5. The molecule has 0 aliphatic heterocycles. The van der Waals surface area contributed by atoms with Crippen LogP contribution in [0.3, 0.4) is 0 Å². The number of aryl methyl sites for hydroxylation is 1. The zero-order chi connectivity index (χ0) is 23.0. The van der Waals surface area contributed by atoms with Crippen molar-refractivity contribution in [3.63, 3.8) is 0 Å². The topological polar surface area (TPSA) is 96.5 Å². The fourth-order valence-corrected chi connectivity index (χ4v) is 4.53. The largest absolute Gasteiger partial charge is 0.507 e. The Kier molecular flexibility index (Phi) is 5.84. The van der Waals surface area contributed by atoms with Crippen LogP contribution in [-0.2, 0) is 11.2 Å². The second-order valence-electron chi connectivity index (χ2n) is 7.78. The van der Waals surface area contributed by atoms with Crippen molar-refractivity contribution in [1.82, 2.24) is 9.88 Å². The number of phenolic OH excluding ortho intramolecular Hbond substituents is 1. The maximum atomic E-state index is 14.6. The Balaban J connectivity index is 1.91. The molecule has 2 aromatic carbocycles. The van der Waals surface area contributed by atoms with E-state index in [4.69, 9.17) is 17.3 Å². The monoisotopic (exact) mass is 453 g/mol. The van der Waals surface area contributed by atoms with Gasteiger partial charge in [-0.2, -0.15) is 0 Å². The van der Waals surface area contributed by atoms with E-state index in [1.54, 1.807) is 43.5 Å². The van der Waals surface area contributed by atoms with Crippen LogP contribution < -0.4 is 5.73 Å². The Hall–Kier alpha value is -3.45. The average molecular weight is 454 g/mol. The summed E-state index contributed by atoms with van der Waals surface area (Å²) in [5.41, 5.74) is 7.69. The van der Waals surface area contributed by atoms with Gasteiger partial charge in [-0.1, -0.05) is 29.8 Å². The molecule has 0 unspecified atom stereocenters. The van der Waals surface area contributed by atoms with Gasteiger partial charge in [0.15, 0.2) is 0 Å². The lowest BCUT2D eigenvalue weighted by atomic mass is 9.98. The van der Waals surface area contributed by atoms with Crippen molar-refractivity contribution in [2.75, 3.05) is 0 Å². The summed E-state index contributed by atoms with van der Waals surface area (Å²) >= 11 is 6.12. The molecule has 0 saturated carbocycles. The minimum atomic E-state index is -1.19. The number of carbonyl (C=O) groups excluding carboxylic acids is 2. The van der Waals surface area contributed by atoms with Gasteiger partial charge in [-0.25, -0.2) is 4.39 Å². The predicted octanol–water partition coefficient (Wildman–Crippen LogP) is 4.24. The molecule has 32 heavy (non-hydrogen) atoms. The number of hydrogen-bond acceptors (Lipinski definition) is 4. The Morgan fingerprint density at radius 1 is 1.28 bits per heavy atom. The van der Waals surface area contributed by atoms with Gasteiger partial charge in [0.05, 0.1) is 11.6 Å². The number of phenols is 1. The average Bonchev–Trinajstić information content (AvgIpc) is 3.17. The smallest absolute Gasteiger partial charge is 0.259 e. The van der Waals surface area contributed by atoms with Crippen LogP contribution in [0.2, 0.25) is 5.02 Å². The maximum Gasteiger partial charge on any atom is 0.259 e. The lowest BCUT2D eigenvalue weighted by molar-refractivity contribution is -0.123. The number of nitrogens with zero attached hydrogens (tertiary/aromatic N) is 2. The summed E-state index contributed by atoms with van der Waals surface area (Å²) in [5, 5.41) is 10.8. The zero-order valence-corrected chi connectivity index (χ0v) is 18.0. The van der Waals surface area contributed by atoms with Crippen LogP contribution in [0, 0.1) is 12.7 Å². The molecule has 4 rings (SSSR count). The third-order valence-corrected chi connectivity index (χ3v) is 6.03. The summed E-state index contributed by atoms with van der Waals surface area (Å²) in [6.07, 6.45) is 3.74. The van der Waals surface area contributed by atoms with E-state index < -0.39 is 29.7 Å². The lowest BCUT2D eigenvalue weighted by Gasteiger charge is -2.36. The molecule has 164 valence electrons. The number of hydrogen-bond donors (Lipinski definition) is 2. The minimum Gasteiger partial charge on any atom is -0.507 e. The summed E-state index contributed by atoms with van der Waals surface area (Å²) in [6.45, 7) is 1.67. The van der Waals surface area contributed by atoms with E-state index in [0.717, 1.165) is 0 Å². The van der Waals surface area contributed by atoms with Gasteiger partial charge in [0.2, 0.25) is 5.91 Å². The van der Waals surface area contributed by atoms with Gasteiger partial charge in [-0.3, -0.25) is 14.6 Å². The van der Waals surface area contributed by atoms with E-state index in [0.29, 0.717) is 35.1 Å². The second kappa shape index (κ2) is 8.59. The molecule has 8 heteroatoms. The van der Waals surface area contributed by atoms with E-state index in [-0.39, 0.29) is 16.3 Å². The van der Waals surface area contributed by atoms with Gasteiger partial charge in [-0.05, 0) is 60.7 Å². The number of nitrogens with two attached hydrogens (primary N) is 1. The summed E-state index contributed by atoms with van der Waals surface area (Å²) < 4.78 is 14.6. The highest BCUT2D eigenvalue weighted by Crippen LogP contribution is 2.43. The van der Waals surface area contributed by atoms with Gasteiger partial charge >= 0.3 is 0 Å². The molecule has 6 nitrogen and oxygen atoms in total. The Bertz CT molecular complexity index is 1200. The van der Waals surface area contributed by atoms with Gasteiger partial charge in [-0.15, -0.1) is 0 Å². The summed E-state index contributed by atoms with van der Waals surface area (Å²) in [7, 11) is 0. The zero-order valence-electron chi connectivity index (χ0n) is 17.3. The molecule has 1 aromatic heterocycles. The van der Waals surface area contributed by atoms with Gasteiger partial charge in [0.1, 0.15) is 17.6 Å². The standard InChI is InChI=1S/C24H21ClFN3O3/c1-13-4-2-6-17(22(13)30)24(32)29(21(23(27)31)14-5-3-9-28-12-14)20-8-7-16-18(20)10-15(25)11-19(16)26/h2-6,9-12,20-21,30H,7-8H2,1H3,(H2,27,31)/t20-,21+/m0/s1. The SMILES string of the molecule is Cc1cccc(C(=O)N([C@H]2CCc3c(F)cc(Cl)cc32)[C@@H](C(N)=O)c2cccnc2)c1O. The van der Waals surface area contributed by atoms with Crippen LogP contribution in [-0.4, -0.2) is 26.8 Å². The number of para-hydroxylation sites is 1. The number of amides is 2. The molecular weight excluding hydrogens is 433 g/mol. The third-order valence-electron chi connectivity index (χ3n) is 5.81. The van der Waals surface area contributed by atoms with Crippen molar-refractivity contribution < 1.29 is 19.1 Å². The maximum absolute atomic E-state index is 14.6. The number of fused-ring (bicyclic) bond motifs is 1. The van der Waals surface area contributed by atoms with E-state index >= 15 is 0 Å². The first-order valence-electron chi connectivity index (χ1n) is 10.1. The normalized spacial score (nSPS) is 15.8. The molecule has 0 bridgehead atoms. The Morgan fingerprint density at radius 3 is 2.75 bits per heavy atom. The van der Waals surface area contributed by atoms with Crippen LogP contribution in [0.15, 0.2) is 54.9 Å². The molecule has 3 aromatic rings. The number of benzene rings is 2. The molecule has 0 saturated heterocycles. The van der Waals surface area contributed by atoms with Crippen molar-refractivity contribution in [3.8, 4) is 5.75 Å². The fourth-order valence-electron chi connectivity index (χ4n) is 4.32. The molecule has 2 amide bonds. The number of aromatic hydroxyl groups is 1. The number of halogens is 2. The van der Waals surface area contributed by atoms with Gasteiger partial charge in [0, 0.05) is 23.0 Å². The van der Waals surface area contributed by atoms with Crippen LogP contribution in [0.1, 0.15) is 51.1 Å². The molecule has 3 N–H and O–H groups in total. The second-order valence-corrected chi connectivity index (χ2v) is 8.22. The van der Waals surface area contributed by atoms with Crippen molar-refractivity contribution in [2.45, 2.75) is 31.8 Å². The number of rotatable bonds is 5. The van der Waals surface area contributed by atoms with Crippen LogP contribution in [0.4, 0.5) is 4.39 Å². The summed E-state index contributed by atoms with van der Waals surface area (Å²) in [6, 6.07) is 9.05. The summed E-state index contributed by atoms with van der Waals surface area (Å²) in [4.78, 5) is 31.9. The molecule has 1 aliphatic rings. The minimum absolute atomic E-state index is 0.0242. The van der Waals surface area contributed by atoms with E-state index in [9.17, 15) is 19.1 Å². The van der Waals surface area contributed by atoms with Crippen molar-refractivity contribution >= 4 is 23.4 Å². The number of primary amides is 1. The molecule has 0 fully saturated rings. The Labute approximate surface area is 189 Å². The fraction of sp³-hybridized carbons (Fsp3) is 0.208. The number of aromatic nitrogens is 1. The van der Waals surface area contributed by atoms with E-state index in [2.05, 4.69) is 4.98 Å². The highest BCUT2D eigenvalue weighted by molar-refractivity contribution is 6.30. The van der Waals surface area contributed by atoms with E-state index in [1.165, 1.54) is 23.2 Å². The lowest BCUT2D eigenvalue weighted by Crippen LogP contribution is -2.43. The van der Waals surface area contributed by atoms with Crippen LogP contribution in [0.25, 0.3) is 0 Å². The molecule has 1 aliphatic carbocycles. The number of carbonyl (C=O) groups is 2. The van der Waals surface area contributed by atoms with Gasteiger partial charge < -0.3 is 15.7 Å². The first-order valence-corrected chi connectivity index (χ1v) is 10.5. The van der Waals surface area contributed by atoms with Crippen LogP contribution >= 0.6 is 11.6 Å². The predicted molar refractivity (Wildman–Crippen MR) is 118 cm³/mol. The third kappa shape index (κ3) is 3.80. The molecule has 0 spiro atoms. The highest BCUT2D eigenvalue weighted by Gasteiger charge is 2.41. The first kappa shape index (κ1) is 21.8. The number of pyridine rings is 1. The summed E-state index contributed by atoms with van der Waals surface area (Å²) in [5.74, 6) is -2.02. The van der Waals surface area contributed by atoms with Crippen LogP contribution in [0.5, 0.6) is 5.75 Å². The van der Waals surface area contributed by atoms with Crippen molar-refractivity contribution in [2.24, 2.45) is 5.73 Å². The molecule has 0 radical (unpaired) electrons. The molecular formula is C24H21ClFN3O3. The molecule has 2 atom stereocenters. The first-order chi connectivity index (χ1) is 15.3. The Morgan fingerprint density at radius 2 is 2.06 bits per heavy atom. The quantitative estimate of drug-likeness (QED) is 0.603. The van der Waals surface area contributed by atoms with Crippen molar-refractivity contribution in [3.05, 3.63) is 93.5 Å². The van der Waals surface area contributed by atoms with E-state index in [1.807, 2.05) is 0 Å². The molecule has 1 heterocycles. The van der Waals surface area contributed by atoms with Gasteiger partial charge in [0.25, 0.3) is 5.91 Å². The van der Waals surface area contributed by atoms with Crippen molar-refractivity contribution in [1.29, 1.82) is 0 Å².